The summed E-state index contributed by atoms with van der Waals surface area (Å²) in [4.78, 5) is 32.5. The summed E-state index contributed by atoms with van der Waals surface area (Å²) in [5, 5.41) is 8.49. The van der Waals surface area contributed by atoms with E-state index in [1.54, 1.807) is 24.5 Å². The smallest absolute Gasteiger partial charge is 0.276 e. The molecule has 0 spiro atoms. The number of aromatic nitrogens is 3. The highest BCUT2D eigenvalue weighted by molar-refractivity contribution is 7.99. The van der Waals surface area contributed by atoms with Crippen molar-refractivity contribution in [3.63, 3.8) is 0 Å². The molecule has 2 bridgehead atoms. The zero-order valence-electron chi connectivity index (χ0n) is 15.1. The minimum atomic E-state index is -0.0517. The number of carbonyl (C=O) groups is 2. The number of thioether (sulfide) groups is 1. The fourth-order valence-corrected chi connectivity index (χ4v) is 4.31. The van der Waals surface area contributed by atoms with Gasteiger partial charge in [0.05, 0.1) is 5.92 Å². The van der Waals surface area contributed by atoms with Gasteiger partial charge in [0.1, 0.15) is 0 Å². The summed E-state index contributed by atoms with van der Waals surface area (Å²) in [6.07, 6.45) is 5.58. The van der Waals surface area contributed by atoms with Gasteiger partial charge in [0.2, 0.25) is 17.7 Å². The van der Waals surface area contributed by atoms with Crippen LogP contribution in [0, 0.1) is 5.92 Å². The van der Waals surface area contributed by atoms with E-state index in [9.17, 15) is 9.59 Å². The average Bonchev–Trinajstić information content (AvgIpc) is 2.99. The Morgan fingerprint density at radius 1 is 1.26 bits per heavy atom. The molecular formula is C18H21N5O3S. The van der Waals surface area contributed by atoms with Crippen LogP contribution in [0.15, 0.2) is 34.2 Å². The van der Waals surface area contributed by atoms with Crippen LogP contribution in [-0.2, 0) is 9.59 Å². The van der Waals surface area contributed by atoms with E-state index in [0.717, 1.165) is 18.4 Å². The minimum Gasteiger partial charge on any atom is -0.411 e. The topological polar surface area (TPSA) is 92.4 Å². The molecule has 5 rings (SSSR count). The van der Waals surface area contributed by atoms with Crippen molar-refractivity contribution >= 4 is 23.6 Å². The first-order chi connectivity index (χ1) is 13.1. The Balaban J connectivity index is 1.30. The van der Waals surface area contributed by atoms with Crippen molar-refractivity contribution in [2.75, 3.05) is 25.9 Å². The Labute approximate surface area is 161 Å². The average molecular weight is 387 g/mol. The predicted octanol–water partition coefficient (Wildman–Crippen LogP) is 1.69. The van der Waals surface area contributed by atoms with Crippen LogP contribution in [0.4, 0.5) is 0 Å². The molecule has 0 aliphatic carbocycles. The van der Waals surface area contributed by atoms with Gasteiger partial charge in [0.25, 0.3) is 5.22 Å². The fraction of sp³-hybridized carbons (Fsp3) is 0.500. The van der Waals surface area contributed by atoms with Crippen LogP contribution in [0.2, 0.25) is 0 Å². The van der Waals surface area contributed by atoms with Gasteiger partial charge in [-0.3, -0.25) is 14.6 Å². The van der Waals surface area contributed by atoms with Crippen molar-refractivity contribution in [1.82, 2.24) is 25.0 Å². The lowest BCUT2D eigenvalue weighted by Gasteiger charge is -2.32. The van der Waals surface area contributed by atoms with Crippen LogP contribution in [-0.4, -0.2) is 68.7 Å². The first-order valence-electron chi connectivity index (χ1n) is 9.03. The first-order valence-corrected chi connectivity index (χ1v) is 10.0. The van der Waals surface area contributed by atoms with E-state index in [1.165, 1.54) is 11.8 Å². The molecule has 3 saturated heterocycles. The number of likely N-dealkylation sites (N-methyl/N-ethyl adjacent to an activating group) is 1. The zero-order valence-corrected chi connectivity index (χ0v) is 15.9. The Morgan fingerprint density at radius 2 is 2.07 bits per heavy atom. The third-order valence-corrected chi connectivity index (χ3v) is 6.01. The molecule has 5 heterocycles. The van der Waals surface area contributed by atoms with Gasteiger partial charge in [-0.15, -0.1) is 10.2 Å². The SMILES string of the molecule is CN1C(=O)[C@@H]2CC[C@H]1CN(C(=O)CCSc1nnc(-c3ccncc3)o1)C2. The molecule has 9 heteroatoms. The van der Waals surface area contributed by atoms with Crippen molar-refractivity contribution in [2.24, 2.45) is 5.92 Å². The molecular weight excluding hydrogens is 366 g/mol. The minimum absolute atomic E-state index is 0.0517. The number of pyridine rings is 1. The van der Waals surface area contributed by atoms with Crippen molar-refractivity contribution in [2.45, 2.75) is 30.5 Å². The number of amides is 2. The molecule has 3 aliphatic heterocycles. The van der Waals surface area contributed by atoms with Gasteiger partial charge in [0, 0.05) is 56.3 Å². The molecule has 27 heavy (non-hydrogen) atoms. The molecule has 8 nitrogen and oxygen atoms in total. The maximum absolute atomic E-state index is 12.6. The van der Waals surface area contributed by atoms with E-state index in [2.05, 4.69) is 15.2 Å². The summed E-state index contributed by atoms with van der Waals surface area (Å²) in [7, 11) is 1.85. The summed E-state index contributed by atoms with van der Waals surface area (Å²) in [5.41, 5.74) is 0.814. The summed E-state index contributed by atoms with van der Waals surface area (Å²) in [5.74, 6) is 1.20. The van der Waals surface area contributed by atoms with Gasteiger partial charge in [-0.25, -0.2) is 0 Å². The second kappa shape index (κ2) is 7.67. The molecule has 2 atom stereocenters. The number of carbonyl (C=O) groups excluding carboxylic acids is 2. The molecule has 2 amide bonds. The third kappa shape index (κ3) is 3.83. The van der Waals surface area contributed by atoms with Crippen LogP contribution in [0.5, 0.6) is 0 Å². The largest absolute Gasteiger partial charge is 0.411 e. The second-order valence-corrected chi connectivity index (χ2v) is 7.93. The van der Waals surface area contributed by atoms with E-state index in [-0.39, 0.29) is 23.8 Å². The molecule has 0 radical (unpaired) electrons. The van der Waals surface area contributed by atoms with Crippen LogP contribution in [0.1, 0.15) is 19.3 Å². The van der Waals surface area contributed by atoms with Crippen LogP contribution in [0.3, 0.4) is 0 Å². The lowest BCUT2D eigenvalue weighted by molar-refractivity contribution is -0.138. The van der Waals surface area contributed by atoms with Crippen molar-refractivity contribution in [3.8, 4) is 11.5 Å². The number of rotatable bonds is 5. The number of hydrogen-bond donors (Lipinski definition) is 0. The standard InChI is InChI=1S/C18H21N5O3S/c1-22-14-3-2-13(17(22)25)10-23(11-14)15(24)6-9-27-18-21-20-16(26-18)12-4-7-19-8-5-12/h4-5,7-8,13-14H,2-3,6,9-11H2,1H3/t13-,14+/m1/s1. The predicted molar refractivity (Wildman–Crippen MR) is 98.7 cm³/mol. The molecule has 3 aliphatic rings. The van der Waals surface area contributed by atoms with Crippen molar-refractivity contribution in [1.29, 1.82) is 0 Å². The monoisotopic (exact) mass is 387 g/mol. The Morgan fingerprint density at radius 3 is 2.89 bits per heavy atom. The normalized spacial score (nSPS) is 22.2. The number of piperidine rings is 1. The lowest BCUT2D eigenvalue weighted by atomic mass is 9.95. The third-order valence-electron chi connectivity index (χ3n) is 5.19. The second-order valence-electron chi connectivity index (χ2n) is 6.88. The van der Waals surface area contributed by atoms with Crippen LogP contribution < -0.4 is 0 Å². The zero-order chi connectivity index (χ0) is 18.8. The molecule has 0 unspecified atom stereocenters. The summed E-state index contributed by atoms with van der Waals surface area (Å²) >= 11 is 1.37. The molecule has 142 valence electrons. The van der Waals surface area contributed by atoms with Gasteiger partial charge >= 0.3 is 0 Å². The van der Waals surface area contributed by atoms with E-state index >= 15 is 0 Å². The molecule has 2 aromatic rings. The lowest BCUT2D eigenvalue weighted by Crippen LogP contribution is -2.45. The van der Waals surface area contributed by atoms with Gasteiger partial charge in [-0.1, -0.05) is 11.8 Å². The molecule has 0 aromatic carbocycles. The van der Waals surface area contributed by atoms with E-state index in [0.29, 0.717) is 36.4 Å². The first kappa shape index (κ1) is 18.0. The number of fused-ring (bicyclic) bond motifs is 4. The molecule has 2 aromatic heterocycles. The van der Waals surface area contributed by atoms with Gasteiger partial charge in [0.15, 0.2) is 0 Å². The molecule has 3 fully saturated rings. The van der Waals surface area contributed by atoms with Crippen LogP contribution in [0.25, 0.3) is 11.5 Å². The Kier molecular flexibility index (Phi) is 5.11. The Bertz CT molecular complexity index is 827. The summed E-state index contributed by atoms with van der Waals surface area (Å²) in [6, 6.07) is 3.75. The van der Waals surface area contributed by atoms with E-state index < -0.39 is 0 Å². The van der Waals surface area contributed by atoms with Crippen molar-refractivity contribution in [3.05, 3.63) is 24.5 Å². The summed E-state index contributed by atoms with van der Waals surface area (Å²) < 4.78 is 5.63. The number of hydrogen-bond acceptors (Lipinski definition) is 7. The van der Waals surface area contributed by atoms with Crippen molar-refractivity contribution < 1.29 is 14.0 Å². The summed E-state index contributed by atoms with van der Waals surface area (Å²) in [6.45, 7) is 1.17. The maximum Gasteiger partial charge on any atom is 0.276 e. The van der Waals surface area contributed by atoms with Gasteiger partial charge in [-0.05, 0) is 25.0 Å². The molecule has 0 saturated carbocycles. The van der Waals surface area contributed by atoms with Gasteiger partial charge in [-0.2, -0.15) is 0 Å². The highest BCUT2D eigenvalue weighted by Gasteiger charge is 2.39. The highest BCUT2D eigenvalue weighted by Crippen LogP contribution is 2.29. The van der Waals surface area contributed by atoms with Gasteiger partial charge < -0.3 is 14.2 Å². The number of nitrogens with zero attached hydrogens (tertiary/aromatic N) is 5. The van der Waals surface area contributed by atoms with Crippen LogP contribution >= 0.6 is 11.8 Å². The fourth-order valence-electron chi connectivity index (χ4n) is 3.62. The quantitative estimate of drug-likeness (QED) is 0.721. The van der Waals surface area contributed by atoms with E-state index in [1.807, 2.05) is 16.8 Å². The highest BCUT2D eigenvalue weighted by atomic mass is 32.2. The van der Waals surface area contributed by atoms with E-state index in [4.69, 9.17) is 4.42 Å². The maximum atomic E-state index is 12.6. The Hall–Kier alpha value is -2.42. The molecule has 0 N–H and O–H groups in total.